The van der Waals surface area contributed by atoms with Gasteiger partial charge in [0.05, 0.1) is 6.61 Å². The maximum atomic E-state index is 10.9. The first-order chi connectivity index (χ1) is 6.33. The van der Waals surface area contributed by atoms with Crippen LogP contribution in [0.15, 0.2) is 30.3 Å². The van der Waals surface area contributed by atoms with Crippen LogP contribution < -0.4 is 0 Å². The SMILES string of the molecule is CCOC(=O)/C=C/c1cc[c]cc1. The summed E-state index contributed by atoms with van der Waals surface area (Å²) in [6.45, 7) is 2.19. The lowest BCUT2D eigenvalue weighted by Crippen LogP contribution is -1.98. The molecule has 1 aromatic carbocycles. The zero-order chi connectivity index (χ0) is 9.52. The third-order valence-electron chi connectivity index (χ3n) is 1.44. The number of carbonyl (C=O) groups excluding carboxylic acids is 1. The predicted octanol–water partition coefficient (Wildman–Crippen LogP) is 2.06. The molecule has 1 aromatic rings. The molecule has 0 heterocycles. The van der Waals surface area contributed by atoms with Crippen LogP contribution >= 0.6 is 0 Å². The van der Waals surface area contributed by atoms with Crippen molar-refractivity contribution < 1.29 is 9.53 Å². The summed E-state index contributed by atoms with van der Waals surface area (Å²) in [6, 6.07) is 10.2. The molecule has 0 bridgehead atoms. The molecule has 0 spiro atoms. The van der Waals surface area contributed by atoms with Gasteiger partial charge in [0, 0.05) is 6.08 Å². The summed E-state index contributed by atoms with van der Waals surface area (Å²) in [5.41, 5.74) is 0.965. The molecular weight excluding hydrogens is 164 g/mol. The van der Waals surface area contributed by atoms with E-state index in [0.29, 0.717) is 6.61 Å². The zero-order valence-electron chi connectivity index (χ0n) is 7.49. The molecular formula is C11H11O2. The number of ether oxygens (including phenoxy) is 1. The molecule has 0 aliphatic carbocycles. The summed E-state index contributed by atoms with van der Waals surface area (Å²) < 4.78 is 4.73. The zero-order valence-corrected chi connectivity index (χ0v) is 7.49. The van der Waals surface area contributed by atoms with Gasteiger partial charge < -0.3 is 4.74 Å². The van der Waals surface area contributed by atoms with E-state index >= 15 is 0 Å². The van der Waals surface area contributed by atoms with Gasteiger partial charge in [-0.05, 0) is 24.6 Å². The maximum Gasteiger partial charge on any atom is 0.330 e. The highest BCUT2D eigenvalue weighted by Gasteiger charge is 1.92. The fourth-order valence-electron chi connectivity index (χ4n) is 0.866. The highest BCUT2D eigenvalue weighted by atomic mass is 16.5. The normalized spacial score (nSPS) is 10.2. The second kappa shape index (κ2) is 5.14. The van der Waals surface area contributed by atoms with E-state index in [1.807, 2.05) is 12.1 Å². The number of hydrogen-bond donors (Lipinski definition) is 0. The molecule has 0 aliphatic rings. The Balaban J connectivity index is 2.54. The minimum Gasteiger partial charge on any atom is -0.463 e. The van der Waals surface area contributed by atoms with Crippen molar-refractivity contribution in [3.63, 3.8) is 0 Å². The molecule has 0 atom stereocenters. The van der Waals surface area contributed by atoms with Gasteiger partial charge in [-0.15, -0.1) is 0 Å². The standard InChI is InChI=1S/C11H11O2/c1-2-13-11(12)9-8-10-6-4-3-5-7-10/h4-9H,2H2,1H3/b9-8+. The van der Waals surface area contributed by atoms with Crippen molar-refractivity contribution in [3.8, 4) is 0 Å². The Hall–Kier alpha value is -1.57. The molecule has 0 aromatic heterocycles. The lowest BCUT2D eigenvalue weighted by Gasteiger charge is -1.94. The molecule has 2 heteroatoms. The Morgan fingerprint density at radius 1 is 1.54 bits per heavy atom. The first kappa shape index (κ1) is 9.52. The molecule has 67 valence electrons. The van der Waals surface area contributed by atoms with E-state index in [9.17, 15) is 4.79 Å². The molecule has 2 nitrogen and oxygen atoms in total. The van der Waals surface area contributed by atoms with E-state index < -0.39 is 0 Å². The Labute approximate surface area is 77.8 Å². The molecule has 0 N–H and O–H groups in total. The van der Waals surface area contributed by atoms with Gasteiger partial charge in [-0.25, -0.2) is 4.79 Å². The van der Waals surface area contributed by atoms with E-state index in [-0.39, 0.29) is 5.97 Å². The maximum absolute atomic E-state index is 10.9. The fourth-order valence-corrected chi connectivity index (χ4v) is 0.866. The monoisotopic (exact) mass is 175 g/mol. The van der Waals surface area contributed by atoms with Gasteiger partial charge in [0.2, 0.25) is 0 Å². The Morgan fingerprint density at radius 3 is 2.85 bits per heavy atom. The highest BCUT2D eigenvalue weighted by Crippen LogP contribution is 2.00. The van der Waals surface area contributed by atoms with Crippen LogP contribution in [0.3, 0.4) is 0 Å². The molecule has 0 fully saturated rings. The molecule has 0 aliphatic heterocycles. The van der Waals surface area contributed by atoms with Gasteiger partial charge in [0.1, 0.15) is 0 Å². The van der Waals surface area contributed by atoms with Gasteiger partial charge in [0.25, 0.3) is 0 Å². The largest absolute Gasteiger partial charge is 0.463 e. The van der Waals surface area contributed by atoms with Gasteiger partial charge >= 0.3 is 5.97 Å². The van der Waals surface area contributed by atoms with E-state index in [0.717, 1.165) is 5.56 Å². The number of esters is 1. The highest BCUT2D eigenvalue weighted by molar-refractivity contribution is 5.86. The lowest BCUT2D eigenvalue weighted by atomic mass is 10.2. The van der Waals surface area contributed by atoms with Crippen molar-refractivity contribution >= 4 is 12.0 Å². The van der Waals surface area contributed by atoms with Crippen LogP contribution in [0, 0.1) is 6.07 Å². The van der Waals surface area contributed by atoms with Crippen molar-refractivity contribution in [3.05, 3.63) is 42.0 Å². The van der Waals surface area contributed by atoms with Crippen LogP contribution in [0.5, 0.6) is 0 Å². The molecule has 1 radical (unpaired) electrons. The van der Waals surface area contributed by atoms with Crippen molar-refractivity contribution in [1.29, 1.82) is 0 Å². The average molecular weight is 175 g/mol. The molecule has 0 amide bonds. The Bertz CT molecular complexity index is 288. The molecule has 0 saturated carbocycles. The molecule has 0 unspecified atom stereocenters. The lowest BCUT2D eigenvalue weighted by molar-refractivity contribution is -0.137. The van der Waals surface area contributed by atoms with Crippen molar-refractivity contribution in [1.82, 2.24) is 0 Å². The second-order valence-corrected chi connectivity index (χ2v) is 2.42. The van der Waals surface area contributed by atoms with Crippen molar-refractivity contribution in [2.24, 2.45) is 0 Å². The van der Waals surface area contributed by atoms with Crippen LogP contribution in [0.25, 0.3) is 6.08 Å². The minimum absolute atomic E-state index is 0.310. The second-order valence-electron chi connectivity index (χ2n) is 2.42. The Morgan fingerprint density at radius 2 is 2.23 bits per heavy atom. The van der Waals surface area contributed by atoms with E-state index in [1.54, 1.807) is 25.1 Å². The van der Waals surface area contributed by atoms with Crippen LogP contribution in [-0.2, 0) is 9.53 Å². The van der Waals surface area contributed by atoms with Gasteiger partial charge in [-0.1, -0.05) is 24.3 Å². The van der Waals surface area contributed by atoms with E-state index in [1.165, 1.54) is 6.08 Å². The third kappa shape index (κ3) is 3.56. The molecule has 1 rings (SSSR count). The van der Waals surface area contributed by atoms with Gasteiger partial charge in [-0.3, -0.25) is 0 Å². The van der Waals surface area contributed by atoms with Crippen molar-refractivity contribution in [2.45, 2.75) is 6.92 Å². The summed E-state index contributed by atoms with van der Waals surface area (Å²) in [5.74, 6) is -0.310. The van der Waals surface area contributed by atoms with Crippen LogP contribution in [0.1, 0.15) is 12.5 Å². The van der Waals surface area contributed by atoms with Gasteiger partial charge in [0.15, 0.2) is 0 Å². The summed E-state index contributed by atoms with van der Waals surface area (Å²) in [4.78, 5) is 10.9. The van der Waals surface area contributed by atoms with E-state index in [2.05, 4.69) is 6.07 Å². The van der Waals surface area contributed by atoms with Crippen LogP contribution in [0.2, 0.25) is 0 Å². The average Bonchev–Trinajstić information content (AvgIpc) is 2.17. The Kier molecular flexibility index (Phi) is 3.76. The quantitative estimate of drug-likeness (QED) is 0.519. The smallest absolute Gasteiger partial charge is 0.330 e. The van der Waals surface area contributed by atoms with E-state index in [4.69, 9.17) is 4.74 Å². The summed E-state index contributed by atoms with van der Waals surface area (Å²) in [6.07, 6.45) is 3.13. The minimum atomic E-state index is -0.310. The molecule has 0 saturated heterocycles. The summed E-state index contributed by atoms with van der Waals surface area (Å²) in [5, 5.41) is 0. The molecule has 13 heavy (non-hydrogen) atoms. The van der Waals surface area contributed by atoms with Gasteiger partial charge in [-0.2, -0.15) is 0 Å². The van der Waals surface area contributed by atoms with Crippen molar-refractivity contribution in [2.75, 3.05) is 6.61 Å². The fraction of sp³-hybridized carbons (Fsp3) is 0.182. The van der Waals surface area contributed by atoms with Crippen LogP contribution in [-0.4, -0.2) is 12.6 Å². The third-order valence-corrected chi connectivity index (χ3v) is 1.44. The predicted molar refractivity (Wildman–Crippen MR) is 50.9 cm³/mol. The first-order valence-electron chi connectivity index (χ1n) is 4.14. The first-order valence-corrected chi connectivity index (χ1v) is 4.14. The number of rotatable bonds is 3. The number of benzene rings is 1. The number of hydrogen-bond acceptors (Lipinski definition) is 2. The van der Waals surface area contributed by atoms with Crippen LogP contribution in [0.4, 0.5) is 0 Å². The summed E-state index contributed by atoms with van der Waals surface area (Å²) >= 11 is 0. The topological polar surface area (TPSA) is 26.3 Å². The summed E-state index contributed by atoms with van der Waals surface area (Å²) in [7, 11) is 0. The number of carbonyl (C=O) groups is 1.